The van der Waals surface area contributed by atoms with Crippen molar-refractivity contribution in [1.29, 1.82) is 0 Å². The molecule has 0 atom stereocenters. The van der Waals surface area contributed by atoms with Crippen LogP contribution in [0.3, 0.4) is 0 Å². The molecule has 0 aliphatic heterocycles. The van der Waals surface area contributed by atoms with Crippen LogP contribution in [0.15, 0.2) is 28.7 Å². The molecule has 0 heterocycles. The summed E-state index contributed by atoms with van der Waals surface area (Å²) in [4.78, 5) is 0. The zero-order chi connectivity index (χ0) is 16.8. The molecule has 0 N–H and O–H groups in total. The van der Waals surface area contributed by atoms with E-state index in [9.17, 15) is 0 Å². The minimum absolute atomic E-state index is 0.987. The molecule has 0 amide bonds. The lowest BCUT2D eigenvalue weighted by Crippen LogP contribution is -2.26. The highest BCUT2D eigenvalue weighted by Gasteiger charge is 2.30. The normalized spacial score (nSPS) is 31.1. The van der Waals surface area contributed by atoms with E-state index in [1.807, 2.05) is 0 Å². The van der Waals surface area contributed by atoms with Crippen LogP contribution in [0.2, 0.25) is 0 Å². The Labute approximate surface area is 157 Å². The van der Waals surface area contributed by atoms with Crippen molar-refractivity contribution in [2.24, 2.45) is 23.7 Å². The van der Waals surface area contributed by atoms with Gasteiger partial charge in [0.05, 0.1) is 0 Å². The summed E-state index contributed by atoms with van der Waals surface area (Å²) in [5, 5.41) is 0. The van der Waals surface area contributed by atoms with Crippen LogP contribution in [0.25, 0.3) is 0 Å². The van der Waals surface area contributed by atoms with Crippen LogP contribution in [0.4, 0.5) is 0 Å². The van der Waals surface area contributed by atoms with Gasteiger partial charge in [0.2, 0.25) is 0 Å². The average molecular weight is 391 g/mol. The first-order valence-corrected chi connectivity index (χ1v) is 11.3. The number of aryl methyl sites for hydroxylation is 1. The topological polar surface area (TPSA) is 0 Å². The lowest BCUT2D eigenvalue weighted by atomic mass is 9.68. The van der Waals surface area contributed by atoms with Crippen LogP contribution >= 0.6 is 15.9 Å². The van der Waals surface area contributed by atoms with Crippen molar-refractivity contribution in [2.45, 2.75) is 84.0 Å². The third-order valence-corrected chi connectivity index (χ3v) is 7.43. The van der Waals surface area contributed by atoms with Crippen LogP contribution in [0.1, 0.15) is 83.1 Å². The molecule has 0 saturated heterocycles. The van der Waals surface area contributed by atoms with Crippen molar-refractivity contribution in [2.75, 3.05) is 0 Å². The first-order valence-electron chi connectivity index (χ1n) is 10.5. The molecule has 0 unspecified atom stereocenters. The van der Waals surface area contributed by atoms with Gasteiger partial charge in [0.15, 0.2) is 0 Å². The third kappa shape index (κ3) is 5.35. The number of hydrogen-bond acceptors (Lipinski definition) is 0. The van der Waals surface area contributed by atoms with Gasteiger partial charge >= 0.3 is 0 Å². The molecule has 0 bridgehead atoms. The summed E-state index contributed by atoms with van der Waals surface area (Å²) < 4.78 is 1.19. The van der Waals surface area contributed by atoms with Gasteiger partial charge in [-0.05, 0) is 79.9 Å². The van der Waals surface area contributed by atoms with E-state index in [4.69, 9.17) is 0 Å². The molecule has 2 saturated carbocycles. The van der Waals surface area contributed by atoms with Gasteiger partial charge < -0.3 is 0 Å². The van der Waals surface area contributed by atoms with Crippen molar-refractivity contribution < 1.29 is 0 Å². The maximum atomic E-state index is 3.53. The molecule has 2 fully saturated rings. The van der Waals surface area contributed by atoms with Crippen LogP contribution in [-0.4, -0.2) is 0 Å². The Morgan fingerprint density at radius 2 is 1.25 bits per heavy atom. The predicted molar refractivity (Wildman–Crippen MR) is 108 cm³/mol. The zero-order valence-corrected chi connectivity index (χ0v) is 17.1. The maximum Gasteiger partial charge on any atom is 0.0175 e. The molecule has 1 heteroatoms. The van der Waals surface area contributed by atoms with Crippen molar-refractivity contribution in [3.63, 3.8) is 0 Å². The standard InChI is InChI=1S/C23H35Br/c1-2-3-18-6-12-21(13-7-18)22-14-8-19(9-15-22)4-5-20-10-16-23(24)17-11-20/h10-11,16-19,21-22H,2-9,12-15H2,1H3/t18-,19-,21-,22-. The summed E-state index contributed by atoms with van der Waals surface area (Å²) in [5.74, 6) is 4.19. The molecule has 134 valence electrons. The molecular weight excluding hydrogens is 356 g/mol. The molecule has 0 spiro atoms. The van der Waals surface area contributed by atoms with Gasteiger partial charge in [0.1, 0.15) is 0 Å². The van der Waals surface area contributed by atoms with E-state index >= 15 is 0 Å². The minimum Gasteiger partial charge on any atom is -0.0654 e. The molecule has 1 aromatic carbocycles. The Hall–Kier alpha value is -0.300. The highest BCUT2D eigenvalue weighted by molar-refractivity contribution is 9.10. The summed E-state index contributed by atoms with van der Waals surface area (Å²) in [6.45, 7) is 2.35. The Morgan fingerprint density at radius 3 is 1.75 bits per heavy atom. The van der Waals surface area contributed by atoms with E-state index in [0.717, 1.165) is 23.7 Å². The summed E-state index contributed by atoms with van der Waals surface area (Å²) in [7, 11) is 0. The smallest absolute Gasteiger partial charge is 0.0175 e. The quantitative estimate of drug-likeness (QED) is 0.464. The summed E-state index contributed by atoms with van der Waals surface area (Å²) in [6.07, 6.45) is 17.7. The van der Waals surface area contributed by atoms with Gasteiger partial charge in [-0.1, -0.05) is 73.5 Å². The van der Waals surface area contributed by atoms with E-state index in [2.05, 4.69) is 47.1 Å². The zero-order valence-electron chi connectivity index (χ0n) is 15.5. The van der Waals surface area contributed by atoms with Gasteiger partial charge in [0.25, 0.3) is 0 Å². The molecule has 2 aliphatic carbocycles. The van der Waals surface area contributed by atoms with Gasteiger partial charge in [-0.2, -0.15) is 0 Å². The number of benzene rings is 1. The highest BCUT2D eigenvalue weighted by atomic mass is 79.9. The second-order valence-electron chi connectivity index (χ2n) is 8.52. The van der Waals surface area contributed by atoms with Crippen LogP contribution in [0.5, 0.6) is 0 Å². The van der Waals surface area contributed by atoms with Crippen LogP contribution in [-0.2, 0) is 6.42 Å². The lowest BCUT2D eigenvalue weighted by molar-refractivity contribution is 0.141. The van der Waals surface area contributed by atoms with E-state index in [1.54, 1.807) is 12.8 Å². The molecule has 3 rings (SSSR count). The van der Waals surface area contributed by atoms with Crippen molar-refractivity contribution in [3.8, 4) is 0 Å². The van der Waals surface area contributed by atoms with Crippen molar-refractivity contribution in [3.05, 3.63) is 34.3 Å². The predicted octanol–water partition coefficient (Wildman–Crippen LogP) is 7.79. The van der Waals surface area contributed by atoms with E-state index in [1.165, 1.54) is 74.2 Å². The van der Waals surface area contributed by atoms with Crippen LogP contribution in [0, 0.1) is 23.7 Å². The van der Waals surface area contributed by atoms with Crippen molar-refractivity contribution >= 4 is 15.9 Å². The Bertz CT molecular complexity index is 461. The Kier molecular flexibility index (Phi) is 7.25. The molecule has 24 heavy (non-hydrogen) atoms. The maximum absolute atomic E-state index is 3.53. The highest BCUT2D eigenvalue weighted by Crippen LogP contribution is 2.42. The Balaban J connectivity index is 1.36. The van der Waals surface area contributed by atoms with Gasteiger partial charge in [-0.25, -0.2) is 0 Å². The SMILES string of the molecule is CCC[C@H]1CC[C@H]([C@H]2CC[C@H](CCc3ccc(Br)cc3)CC2)CC1. The van der Waals surface area contributed by atoms with Crippen molar-refractivity contribution in [1.82, 2.24) is 0 Å². The van der Waals surface area contributed by atoms with E-state index in [-0.39, 0.29) is 0 Å². The first kappa shape index (κ1) is 18.5. The van der Waals surface area contributed by atoms with E-state index in [0.29, 0.717) is 0 Å². The number of hydrogen-bond donors (Lipinski definition) is 0. The summed E-state index contributed by atoms with van der Waals surface area (Å²) in [6, 6.07) is 8.93. The second kappa shape index (κ2) is 9.41. The fourth-order valence-corrected chi connectivity index (χ4v) is 5.59. The summed E-state index contributed by atoms with van der Waals surface area (Å²) in [5.41, 5.74) is 1.51. The number of halogens is 1. The fourth-order valence-electron chi connectivity index (χ4n) is 5.33. The summed E-state index contributed by atoms with van der Waals surface area (Å²) >= 11 is 3.53. The molecule has 0 nitrogen and oxygen atoms in total. The molecule has 1 aromatic rings. The third-order valence-electron chi connectivity index (χ3n) is 6.90. The minimum atomic E-state index is 0.987. The van der Waals surface area contributed by atoms with Gasteiger partial charge in [0, 0.05) is 4.47 Å². The average Bonchev–Trinajstić information content (AvgIpc) is 2.63. The molecule has 2 aliphatic rings. The molecule has 0 radical (unpaired) electrons. The number of rotatable bonds is 6. The second-order valence-corrected chi connectivity index (χ2v) is 9.43. The Morgan fingerprint density at radius 1 is 0.750 bits per heavy atom. The van der Waals surface area contributed by atoms with Crippen LogP contribution < -0.4 is 0 Å². The molecular formula is C23H35Br. The van der Waals surface area contributed by atoms with E-state index < -0.39 is 0 Å². The van der Waals surface area contributed by atoms with Gasteiger partial charge in [-0.3, -0.25) is 0 Å². The van der Waals surface area contributed by atoms with Gasteiger partial charge in [-0.15, -0.1) is 0 Å². The first-order chi connectivity index (χ1) is 11.7. The fraction of sp³-hybridized carbons (Fsp3) is 0.739. The monoisotopic (exact) mass is 390 g/mol. The largest absolute Gasteiger partial charge is 0.0654 e. The lowest BCUT2D eigenvalue weighted by Gasteiger charge is -2.38. The molecule has 0 aromatic heterocycles.